The number of ketones is 1. The lowest BCUT2D eigenvalue weighted by Crippen LogP contribution is -2.30. The zero-order valence-electron chi connectivity index (χ0n) is 17.6. The van der Waals surface area contributed by atoms with Crippen LogP contribution in [0.5, 0.6) is 11.5 Å². The number of Topliss-reactive ketones (excluding diaryl/α,β-unsaturated/α-hetero) is 1. The van der Waals surface area contributed by atoms with Gasteiger partial charge in [-0.1, -0.05) is 6.07 Å². The van der Waals surface area contributed by atoms with Crippen LogP contribution in [-0.4, -0.2) is 36.0 Å². The van der Waals surface area contributed by atoms with Gasteiger partial charge in [0.1, 0.15) is 28.9 Å². The molecule has 3 aromatic rings. The lowest BCUT2D eigenvalue weighted by atomic mass is 9.95. The van der Waals surface area contributed by atoms with E-state index in [2.05, 4.69) is 4.98 Å². The fourth-order valence-corrected chi connectivity index (χ4v) is 3.75. The summed E-state index contributed by atoms with van der Waals surface area (Å²) in [6, 6.07) is 9.14. The first kappa shape index (κ1) is 21.9. The summed E-state index contributed by atoms with van der Waals surface area (Å²) in [4.78, 5) is 31.1. The topological polar surface area (TPSA) is 89.0 Å². The fraction of sp³-hybridized carbons (Fsp3) is 0.125. The third kappa shape index (κ3) is 3.78. The molecular weight excluding hydrogens is 434 g/mol. The number of aliphatic hydroxyl groups is 1. The minimum absolute atomic E-state index is 0.100. The number of methoxy groups -OCH3 is 2. The Hall–Kier alpha value is -4.27. The van der Waals surface area contributed by atoms with Crippen LogP contribution in [0.25, 0.3) is 5.76 Å². The van der Waals surface area contributed by atoms with Crippen molar-refractivity contribution in [3.05, 3.63) is 89.3 Å². The number of hydrogen-bond acceptors (Lipinski definition) is 6. The van der Waals surface area contributed by atoms with Crippen molar-refractivity contribution in [2.75, 3.05) is 19.1 Å². The number of benzene rings is 2. The molecule has 1 fully saturated rings. The molecule has 0 spiro atoms. The number of halogens is 2. The van der Waals surface area contributed by atoms with Crippen molar-refractivity contribution in [1.82, 2.24) is 4.98 Å². The molecule has 7 nitrogen and oxygen atoms in total. The number of hydrogen-bond donors (Lipinski definition) is 1. The highest BCUT2D eigenvalue weighted by molar-refractivity contribution is 6.51. The number of nitrogens with zero attached hydrogens (tertiary/aromatic N) is 2. The van der Waals surface area contributed by atoms with Crippen LogP contribution in [0.4, 0.5) is 14.5 Å². The fourth-order valence-electron chi connectivity index (χ4n) is 3.75. The van der Waals surface area contributed by atoms with E-state index in [1.807, 2.05) is 0 Å². The van der Waals surface area contributed by atoms with E-state index >= 15 is 0 Å². The van der Waals surface area contributed by atoms with Crippen LogP contribution in [0, 0.1) is 11.6 Å². The Labute approximate surface area is 187 Å². The van der Waals surface area contributed by atoms with E-state index < -0.39 is 35.1 Å². The van der Waals surface area contributed by atoms with E-state index in [-0.39, 0.29) is 22.6 Å². The van der Waals surface area contributed by atoms with Gasteiger partial charge in [-0.15, -0.1) is 0 Å². The molecule has 0 bridgehead atoms. The number of pyridine rings is 1. The van der Waals surface area contributed by atoms with Crippen LogP contribution in [0.1, 0.15) is 17.2 Å². The molecule has 1 N–H and O–H groups in total. The Balaban J connectivity index is 1.99. The average molecular weight is 452 g/mol. The number of rotatable bonds is 5. The lowest BCUT2D eigenvalue weighted by Gasteiger charge is -2.25. The predicted molar refractivity (Wildman–Crippen MR) is 115 cm³/mol. The van der Waals surface area contributed by atoms with Gasteiger partial charge in [-0.3, -0.25) is 19.5 Å². The second-order valence-electron chi connectivity index (χ2n) is 7.12. The molecule has 168 valence electrons. The zero-order chi connectivity index (χ0) is 23.7. The largest absolute Gasteiger partial charge is 0.507 e. The zero-order valence-corrected chi connectivity index (χ0v) is 17.6. The van der Waals surface area contributed by atoms with Gasteiger partial charge in [0.15, 0.2) is 0 Å². The molecular formula is C24H18F2N2O5. The van der Waals surface area contributed by atoms with Gasteiger partial charge in [0.2, 0.25) is 0 Å². The molecule has 0 aliphatic carbocycles. The maximum absolute atomic E-state index is 14.7. The van der Waals surface area contributed by atoms with Crippen LogP contribution in [0.2, 0.25) is 0 Å². The number of aromatic nitrogens is 1. The first-order valence-electron chi connectivity index (χ1n) is 9.75. The molecule has 33 heavy (non-hydrogen) atoms. The molecule has 0 radical (unpaired) electrons. The van der Waals surface area contributed by atoms with Crippen molar-refractivity contribution in [1.29, 1.82) is 0 Å². The number of ether oxygens (including phenoxy) is 2. The number of anilines is 1. The highest BCUT2D eigenvalue weighted by atomic mass is 19.1. The van der Waals surface area contributed by atoms with Gasteiger partial charge in [-0.05, 0) is 42.0 Å². The average Bonchev–Trinajstić information content (AvgIpc) is 3.09. The van der Waals surface area contributed by atoms with Crippen molar-refractivity contribution in [2.45, 2.75) is 6.04 Å². The van der Waals surface area contributed by atoms with Gasteiger partial charge in [0.05, 0.1) is 37.1 Å². The van der Waals surface area contributed by atoms with Crippen LogP contribution >= 0.6 is 0 Å². The van der Waals surface area contributed by atoms with Gasteiger partial charge in [-0.2, -0.15) is 0 Å². The third-order valence-corrected chi connectivity index (χ3v) is 5.28. The minimum atomic E-state index is -1.23. The maximum Gasteiger partial charge on any atom is 0.300 e. The molecule has 0 saturated carbocycles. The summed E-state index contributed by atoms with van der Waals surface area (Å²) in [7, 11) is 2.81. The van der Waals surface area contributed by atoms with E-state index in [0.29, 0.717) is 17.4 Å². The highest BCUT2D eigenvalue weighted by Gasteiger charge is 2.48. The van der Waals surface area contributed by atoms with Crippen molar-refractivity contribution in [3.63, 3.8) is 0 Å². The third-order valence-electron chi connectivity index (χ3n) is 5.28. The first-order chi connectivity index (χ1) is 15.9. The van der Waals surface area contributed by atoms with Gasteiger partial charge >= 0.3 is 0 Å². The minimum Gasteiger partial charge on any atom is -0.507 e. The molecule has 1 aliphatic rings. The molecule has 1 atom stereocenters. The number of carbonyl (C=O) groups is 2. The van der Waals surface area contributed by atoms with E-state index in [9.17, 15) is 23.5 Å². The summed E-state index contributed by atoms with van der Waals surface area (Å²) >= 11 is 0. The van der Waals surface area contributed by atoms with Crippen molar-refractivity contribution >= 4 is 23.1 Å². The lowest BCUT2D eigenvalue weighted by molar-refractivity contribution is -0.132. The van der Waals surface area contributed by atoms with Gasteiger partial charge in [0, 0.05) is 18.5 Å². The Morgan fingerprint density at radius 1 is 1.06 bits per heavy atom. The van der Waals surface area contributed by atoms with E-state index in [4.69, 9.17) is 9.47 Å². The number of aliphatic hydroxyl groups excluding tert-OH is 1. The Morgan fingerprint density at radius 2 is 1.85 bits per heavy atom. The van der Waals surface area contributed by atoms with Gasteiger partial charge in [0.25, 0.3) is 11.7 Å². The smallest absolute Gasteiger partial charge is 0.300 e. The van der Waals surface area contributed by atoms with Gasteiger partial charge in [-0.25, -0.2) is 8.78 Å². The molecule has 1 saturated heterocycles. The summed E-state index contributed by atoms with van der Waals surface area (Å²) in [5.41, 5.74) is -0.181. The summed E-state index contributed by atoms with van der Waals surface area (Å²) in [6.45, 7) is 0. The quantitative estimate of drug-likeness (QED) is 0.358. The molecule has 4 rings (SSSR count). The number of amides is 1. The maximum atomic E-state index is 14.7. The Morgan fingerprint density at radius 3 is 2.48 bits per heavy atom. The summed E-state index contributed by atoms with van der Waals surface area (Å²) < 4.78 is 38.7. The monoisotopic (exact) mass is 452 g/mol. The van der Waals surface area contributed by atoms with Crippen LogP contribution in [-0.2, 0) is 9.59 Å². The summed E-state index contributed by atoms with van der Waals surface area (Å²) in [5.74, 6) is -3.96. The van der Waals surface area contributed by atoms with Crippen molar-refractivity contribution < 1.29 is 33.0 Å². The van der Waals surface area contributed by atoms with Crippen molar-refractivity contribution in [3.8, 4) is 11.5 Å². The van der Waals surface area contributed by atoms with Crippen LogP contribution < -0.4 is 14.4 Å². The van der Waals surface area contributed by atoms with E-state index in [1.165, 1.54) is 38.7 Å². The van der Waals surface area contributed by atoms with E-state index in [0.717, 1.165) is 17.0 Å². The summed E-state index contributed by atoms with van der Waals surface area (Å²) in [5, 5.41) is 11.2. The normalized spacial score (nSPS) is 17.3. The standard InChI is InChI=1S/C24H18F2N2O5/c1-32-15-6-8-19(33-2)16(11-15)22(29)20-21(13-4-3-9-27-12-13)28(24(31)23(20)30)18-7-5-14(25)10-17(18)26/h3-12,21,29H,1-2H3/b22-20+. The predicted octanol–water partition coefficient (Wildman–Crippen LogP) is 4.00. The van der Waals surface area contributed by atoms with E-state index in [1.54, 1.807) is 18.2 Å². The molecule has 1 amide bonds. The Kier molecular flexibility index (Phi) is 5.78. The molecule has 1 unspecified atom stereocenters. The highest BCUT2D eigenvalue weighted by Crippen LogP contribution is 2.44. The SMILES string of the molecule is COc1ccc(OC)c(/C(O)=C2\C(=O)C(=O)N(c3ccc(F)cc3F)C2c2cccnc2)c1. The molecule has 1 aromatic heterocycles. The molecule has 9 heteroatoms. The summed E-state index contributed by atoms with van der Waals surface area (Å²) in [6.07, 6.45) is 2.88. The Bertz CT molecular complexity index is 1280. The second-order valence-corrected chi connectivity index (χ2v) is 7.12. The first-order valence-corrected chi connectivity index (χ1v) is 9.75. The van der Waals surface area contributed by atoms with Crippen LogP contribution in [0.15, 0.2) is 66.5 Å². The van der Waals surface area contributed by atoms with Crippen molar-refractivity contribution in [2.24, 2.45) is 0 Å². The molecule has 2 aromatic carbocycles. The molecule has 1 aliphatic heterocycles. The van der Waals surface area contributed by atoms with Gasteiger partial charge < -0.3 is 14.6 Å². The second kappa shape index (κ2) is 8.70. The number of carbonyl (C=O) groups excluding carboxylic acids is 2. The molecule has 2 heterocycles. The van der Waals surface area contributed by atoms with Crippen LogP contribution in [0.3, 0.4) is 0 Å².